The van der Waals surface area contributed by atoms with Crippen molar-refractivity contribution in [3.63, 3.8) is 0 Å². The van der Waals surface area contributed by atoms with Gasteiger partial charge in [-0.15, -0.1) is 0 Å². The lowest BCUT2D eigenvalue weighted by atomic mass is 9.99. The fourth-order valence-electron chi connectivity index (χ4n) is 5.99. The van der Waals surface area contributed by atoms with Crippen molar-refractivity contribution in [2.75, 3.05) is 13.1 Å². The highest BCUT2D eigenvalue weighted by Gasteiger charge is 2.37. The molecule has 266 valence electrons. The van der Waals surface area contributed by atoms with E-state index in [1.54, 1.807) is 24.3 Å². The van der Waals surface area contributed by atoms with Crippen LogP contribution >= 0.6 is 0 Å². The number of benzene rings is 3. The first kappa shape index (κ1) is 37.7. The number of carbonyl (C=O) groups excluding carboxylic acids is 5. The van der Waals surface area contributed by atoms with Gasteiger partial charge in [-0.1, -0.05) is 60.7 Å². The average Bonchev–Trinajstić information content (AvgIpc) is 3.61. The second kappa shape index (κ2) is 17.5. The summed E-state index contributed by atoms with van der Waals surface area (Å²) >= 11 is 0. The number of primary amides is 1. The lowest BCUT2D eigenvalue weighted by molar-refractivity contribution is -0.128. The van der Waals surface area contributed by atoms with Gasteiger partial charge in [-0.25, -0.2) is 4.79 Å². The summed E-state index contributed by atoms with van der Waals surface area (Å²) in [5, 5.41) is 19.3. The number of rotatable bonds is 15. The number of hydrogen-bond acceptors (Lipinski definition) is 8. The molecule has 0 bridgehead atoms. The number of nitrogens with zero attached hydrogens (tertiary/aromatic N) is 1. The summed E-state index contributed by atoms with van der Waals surface area (Å²) in [4.78, 5) is 66.4. The lowest BCUT2D eigenvalue weighted by Gasteiger charge is -2.36. The van der Waals surface area contributed by atoms with E-state index in [9.17, 15) is 29.1 Å². The Balaban J connectivity index is 1.38. The van der Waals surface area contributed by atoms with Crippen LogP contribution in [-0.2, 0) is 25.7 Å². The van der Waals surface area contributed by atoms with Crippen molar-refractivity contribution in [2.45, 2.75) is 82.8 Å². The molecular weight excluding hydrogens is 638 g/mol. The van der Waals surface area contributed by atoms with Crippen LogP contribution in [0.3, 0.4) is 0 Å². The fourth-order valence-corrected chi connectivity index (χ4v) is 5.99. The van der Waals surface area contributed by atoms with E-state index in [0.717, 1.165) is 24.9 Å². The number of carbonyl (C=O) groups is 5. The van der Waals surface area contributed by atoms with E-state index in [4.69, 9.17) is 10.5 Å². The molecule has 0 aliphatic carbocycles. The molecule has 1 fully saturated rings. The zero-order valence-corrected chi connectivity index (χ0v) is 28.8. The third-order valence-electron chi connectivity index (χ3n) is 8.58. The average molecular weight is 686 g/mol. The number of aliphatic hydroxyl groups excluding tert-OH is 1. The molecule has 1 heterocycles. The third-order valence-corrected chi connectivity index (χ3v) is 8.58. The quantitative estimate of drug-likeness (QED) is 0.152. The molecule has 3 aromatic carbocycles. The molecule has 1 saturated heterocycles. The van der Waals surface area contributed by atoms with Gasteiger partial charge in [0.05, 0.1) is 30.2 Å². The summed E-state index contributed by atoms with van der Waals surface area (Å²) in [5.41, 5.74) is 7.16. The number of hydrogen-bond donors (Lipinski definition) is 5. The van der Waals surface area contributed by atoms with Gasteiger partial charge >= 0.3 is 5.97 Å². The maximum absolute atomic E-state index is 13.6. The molecule has 1 aliphatic heterocycles. The van der Waals surface area contributed by atoms with Crippen LogP contribution in [0.4, 0.5) is 0 Å². The van der Waals surface area contributed by atoms with E-state index in [1.165, 1.54) is 24.3 Å². The Morgan fingerprint density at radius 3 is 2.14 bits per heavy atom. The largest absolute Gasteiger partial charge is 0.457 e. The van der Waals surface area contributed by atoms with Gasteiger partial charge in [0, 0.05) is 17.6 Å². The maximum Gasteiger partial charge on any atom is 0.338 e. The van der Waals surface area contributed by atoms with Crippen molar-refractivity contribution in [1.82, 2.24) is 20.9 Å². The molecule has 4 amide bonds. The fraction of sp³-hybridized carbons (Fsp3) is 0.395. The normalized spacial score (nSPS) is 16.4. The third kappa shape index (κ3) is 11.0. The van der Waals surface area contributed by atoms with Crippen LogP contribution in [0.2, 0.25) is 0 Å². The highest BCUT2D eigenvalue weighted by molar-refractivity contribution is 5.99. The molecule has 0 unspecified atom stereocenters. The zero-order valence-electron chi connectivity index (χ0n) is 28.8. The van der Waals surface area contributed by atoms with E-state index in [-0.39, 0.29) is 48.2 Å². The van der Waals surface area contributed by atoms with Gasteiger partial charge in [0.2, 0.25) is 17.7 Å². The molecule has 12 nitrogen and oxygen atoms in total. The summed E-state index contributed by atoms with van der Waals surface area (Å²) in [6, 6.07) is 21.5. The van der Waals surface area contributed by atoms with Crippen LogP contribution in [0.15, 0.2) is 84.9 Å². The van der Waals surface area contributed by atoms with Crippen LogP contribution in [0, 0.1) is 0 Å². The van der Waals surface area contributed by atoms with Crippen molar-refractivity contribution < 1.29 is 33.8 Å². The molecule has 4 rings (SSSR count). The Morgan fingerprint density at radius 2 is 1.52 bits per heavy atom. The standard InChI is InChI=1S/C38H47N5O7/c1-38(2,3)43-20-10-15-32(43)36(48)40-23-29(44)21-30(26-13-8-5-9-14-26)41-35(47)31(22-33(39)45)42-34(46)27-16-18-28(19-17-27)37(49)50-24-25-11-6-4-7-12-25/h4-9,11-14,16-19,29-32,44H,10,15,20-24H2,1-3H3,(H2,39,45)(H,40,48)(H,41,47)(H,42,46)/t29-,30+,31+,32+/m1/s1. The molecule has 3 aromatic rings. The van der Waals surface area contributed by atoms with Gasteiger partial charge in [0.1, 0.15) is 12.6 Å². The second-order valence-electron chi connectivity index (χ2n) is 13.5. The molecule has 0 radical (unpaired) electrons. The van der Waals surface area contributed by atoms with Gasteiger partial charge in [-0.05, 0) is 82.0 Å². The molecule has 4 atom stereocenters. The van der Waals surface area contributed by atoms with Crippen LogP contribution < -0.4 is 21.7 Å². The summed E-state index contributed by atoms with van der Waals surface area (Å²) in [7, 11) is 0. The first-order valence-electron chi connectivity index (χ1n) is 16.8. The summed E-state index contributed by atoms with van der Waals surface area (Å²) in [6.45, 7) is 7.09. The minimum Gasteiger partial charge on any atom is -0.457 e. The smallest absolute Gasteiger partial charge is 0.338 e. The molecule has 1 aliphatic rings. The number of likely N-dealkylation sites (tertiary alicyclic amines) is 1. The Bertz CT molecular complexity index is 1610. The molecular formula is C38H47N5O7. The van der Waals surface area contributed by atoms with E-state index >= 15 is 0 Å². The van der Waals surface area contributed by atoms with Crippen LogP contribution in [0.1, 0.15) is 84.3 Å². The van der Waals surface area contributed by atoms with Gasteiger partial charge in [0.25, 0.3) is 5.91 Å². The monoisotopic (exact) mass is 685 g/mol. The van der Waals surface area contributed by atoms with E-state index < -0.39 is 48.3 Å². The Labute approximate surface area is 292 Å². The minimum atomic E-state index is -1.33. The van der Waals surface area contributed by atoms with Crippen molar-refractivity contribution in [2.24, 2.45) is 5.73 Å². The molecule has 6 N–H and O–H groups in total. The lowest BCUT2D eigenvalue weighted by Crippen LogP contribution is -2.52. The van der Waals surface area contributed by atoms with Crippen LogP contribution in [0.25, 0.3) is 0 Å². The number of aliphatic hydroxyl groups is 1. The number of ether oxygens (including phenoxy) is 1. The molecule has 50 heavy (non-hydrogen) atoms. The highest BCUT2D eigenvalue weighted by atomic mass is 16.5. The molecule has 0 aromatic heterocycles. The van der Waals surface area contributed by atoms with Crippen molar-refractivity contribution >= 4 is 29.6 Å². The Morgan fingerprint density at radius 1 is 0.900 bits per heavy atom. The summed E-state index contributed by atoms with van der Waals surface area (Å²) < 4.78 is 5.34. The molecule has 12 heteroatoms. The number of nitrogens with two attached hydrogens (primary N) is 1. The summed E-state index contributed by atoms with van der Waals surface area (Å²) in [6.07, 6.45) is 0.199. The van der Waals surface area contributed by atoms with E-state index in [2.05, 4.69) is 41.6 Å². The topological polar surface area (TPSA) is 180 Å². The zero-order chi connectivity index (χ0) is 36.3. The highest BCUT2D eigenvalue weighted by Crippen LogP contribution is 2.26. The van der Waals surface area contributed by atoms with Crippen LogP contribution in [0.5, 0.6) is 0 Å². The SMILES string of the molecule is CC(C)(C)N1CCC[C@H]1C(=O)NC[C@H](O)C[C@H](NC(=O)[C@H](CC(N)=O)NC(=O)c1ccc(C(=O)OCc2ccccc2)cc1)c1ccccc1. The van der Waals surface area contributed by atoms with Gasteiger partial charge in [-0.2, -0.15) is 0 Å². The maximum atomic E-state index is 13.6. The summed E-state index contributed by atoms with van der Waals surface area (Å²) in [5.74, 6) is -2.87. The van der Waals surface area contributed by atoms with Gasteiger partial charge < -0.3 is 31.5 Å². The van der Waals surface area contributed by atoms with Crippen molar-refractivity contribution in [3.8, 4) is 0 Å². The Hall–Kier alpha value is -5.07. The molecule has 0 saturated carbocycles. The van der Waals surface area contributed by atoms with Crippen molar-refractivity contribution in [3.05, 3.63) is 107 Å². The number of esters is 1. The Kier molecular flexibility index (Phi) is 13.2. The van der Waals surface area contributed by atoms with E-state index in [1.807, 2.05) is 36.4 Å². The number of nitrogens with one attached hydrogen (secondary N) is 3. The predicted octanol–water partition coefficient (Wildman–Crippen LogP) is 3.01. The van der Waals surface area contributed by atoms with Crippen molar-refractivity contribution in [1.29, 1.82) is 0 Å². The molecule has 0 spiro atoms. The second-order valence-corrected chi connectivity index (χ2v) is 13.5. The first-order chi connectivity index (χ1) is 23.8. The van der Waals surface area contributed by atoms with Gasteiger partial charge in [-0.3, -0.25) is 24.1 Å². The first-order valence-corrected chi connectivity index (χ1v) is 16.8. The predicted molar refractivity (Wildman–Crippen MR) is 188 cm³/mol. The van der Waals surface area contributed by atoms with E-state index in [0.29, 0.717) is 5.56 Å². The van der Waals surface area contributed by atoms with Gasteiger partial charge in [0.15, 0.2) is 0 Å². The number of amides is 4. The minimum absolute atomic E-state index is 0.0240. The van der Waals surface area contributed by atoms with Crippen LogP contribution in [-0.4, -0.2) is 76.4 Å².